The number of aromatic nitrogens is 5. The van der Waals surface area contributed by atoms with E-state index < -0.39 is 0 Å². The molecule has 0 N–H and O–H groups in total. The van der Waals surface area contributed by atoms with Crippen LogP contribution >= 0.6 is 11.6 Å². The molecule has 10 nitrogen and oxygen atoms in total. The fourth-order valence-corrected chi connectivity index (χ4v) is 3.82. The lowest BCUT2D eigenvalue weighted by atomic mass is 10.1. The van der Waals surface area contributed by atoms with E-state index in [1.807, 2.05) is 0 Å². The molecule has 0 aliphatic heterocycles. The Labute approximate surface area is 185 Å². The van der Waals surface area contributed by atoms with Gasteiger partial charge in [0.25, 0.3) is 11.4 Å². The fraction of sp³-hybridized carbons (Fsp3) is 0.190. The second-order valence-electron chi connectivity index (χ2n) is 7.00. The molecule has 0 fully saturated rings. The maximum absolute atomic E-state index is 13.6. The number of rotatable bonds is 5. The summed E-state index contributed by atoms with van der Waals surface area (Å²) in [4.78, 5) is 22.3. The number of aryl methyl sites for hydroxylation is 1. The summed E-state index contributed by atoms with van der Waals surface area (Å²) in [7, 11) is 1.53. The van der Waals surface area contributed by atoms with Gasteiger partial charge in [0.05, 0.1) is 28.2 Å². The smallest absolute Gasteiger partial charge is 0.293 e. The van der Waals surface area contributed by atoms with Crippen molar-refractivity contribution in [1.82, 2.24) is 24.1 Å². The molecule has 0 saturated heterocycles. The molecule has 160 valence electrons. The Hall–Kier alpha value is -3.94. The van der Waals surface area contributed by atoms with Crippen LogP contribution < -0.4 is 5.56 Å². The molecule has 11 heteroatoms. The van der Waals surface area contributed by atoms with E-state index in [4.69, 9.17) is 25.3 Å². The van der Waals surface area contributed by atoms with Crippen molar-refractivity contribution >= 4 is 28.2 Å². The molecule has 0 aliphatic carbocycles. The van der Waals surface area contributed by atoms with Gasteiger partial charge in [-0.2, -0.15) is 10.2 Å². The monoisotopic (exact) mass is 450 g/mol. The zero-order valence-electron chi connectivity index (χ0n) is 17.0. The van der Waals surface area contributed by atoms with Crippen LogP contribution in [0.15, 0.2) is 44.3 Å². The summed E-state index contributed by atoms with van der Waals surface area (Å²) in [6.45, 7) is 2.28. The third-order valence-corrected chi connectivity index (χ3v) is 5.39. The van der Waals surface area contributed by atoms with E-state index in [0.29, 0.717) is 22.6 Å². The van der Waals surface area contributed by atoms with Gasteiger partial charge in [-0.15, -0.1) is 0 Å². The van der Waals surface area contributed by atoms with Gasteiger partial charge in [0.15, 0.2) is 5.76 Å². The Balaban J connectivity index is 1.79. The highest BCUT2D eigenvalue weighted by atomic mass is 35.5. The molecule has 0 radical (unpaired) electrons. The number of nitrogens with zero attached hydrogens (tertiary/aromatic N) is 6. The van der Waals surface area contributed by atoms with Gasteiger partial charge in [-0.1, -0.05) is 16.8 Å². The highest BCUT2D eigenvalue weighted by Crippen LogP contribution is 2.29. The van der Waals surface area contributed by atoms with Gasteiger partial charge < -0.3 is 18.2 Å². The topological polar surface area (TPSA) is 124 Å². The summed E-state index contributed by atoms with van der Waals surface area (Å²) in [5.74, 6) is 1.43. The number of halogens is 1. The summed E-state index contributed by atoms with van der Waals surface area (Å²) < 4.78 is 19.1. The molecule has 0 bridgehead atoms. The molecular weight excluding hydrogens is 436 g/mol. The van der Waals surface area contributed by atoms with Crippen molar-refractivity contribution in [3.05, 3.63) is 57.3 Å². The standard InChI is InChI=1S/C21H15ClN6O4/c1-11-3-6-15(31-11)20-25-19(26-32-20)16-18-21(29)27(7-8-30-2)17-12(9-23)13(22)4-5-14(17)28(18)10-24-16/h3-6,10H,7-8H2,1-2H3. The van der Waals surface area contributed by atoms with E-state index in [1.54, 1.807) is 35.6 Å². The van der Waals surface area contributed by atoms with Crippen LogP contribution in [-0.2, 0) is 11.3 Å². The third kappa shape index (κ3) is 2.98. The summed E-state index contributed by atoms with van der Waals surface area (Å²) in [6.07, 6.45) is 1.48. The predicted octanol–water partition coefficient (Wildman–Crippen LogP) is 3.44. The quantitative estimate of drug-likeness (QED) is 0.398. The number of ether oxygens (including phenoxy) is 1. The number of nitriles is 1. The second-order valence-corrected chi connectivity index (χ2v) is 7.40. The molecule has 4 aromatic heterocycles. The molecular formula is C21H15ClN6O4. The Morgan fingerprint density at radius 3 is 2.81 bits per heavy atom. The first-order valence-corrected chi connectivity index (χ1v) is 9.93. The fourth-order valence-electron chi connectivity index (χ4n) is 3.62. The number of furan rings is 1. The van der Waals surface area contributed by atoms with Gasteiger partial charge >= 0.3 is 0 Å². The number of methoxy groups -OCH3 is 1. The lowest BCUT2D eigenvalue weighted by molar-refractivity contribution is 0.187. The zero-order chi connectivity index (χ0) is 22.4. The highest BCUT2D eigenvalue weighted by molar-refractivity contribution is 6.32. The SMILES string of the molecule is COCCn1c(=O)c2c(-c3noc(-c4ccc(C)o4)n3)ncn2c2ccc(Cl)c(C#N)c21. The van der Waals surface area contributed by atoms with Crippen LogP contribution in [0.1, 0.15) is 11.3 Å². The lowest BCUT2D eigenvalue weighted by Gasteiger charge is -2.14. The average molecular weight is 451 g/mol. The zero-order valence-corrected chi connectivity index (χ0v) is 17.8. The number of hydrogen-bond donors (Lipinski definition) is 0. The number of hydrogen-bond acceptors (Lipinski definition) is 8. The van der Waals surface area contributed by atoms with E-state index >= 15 is 0 Å². The van der Waals surface area contributed by atoms with Gasteiger partial charge in [0.2, 0.25) is 5.82 Å². The number of fused-ring (bicyclic) bond motifs is 3. The molecule has 0 saturated carbocycles. The first-order valence-electron chi connectivity index (χ1n) is 9.55. The van der Waals surface area contributed by atoms with Gasteiger partial charge in [0.1, 0.15) is 29.4 Å². The minimum atomic E-state index is -0.388. The summed E-state index contributed by atoms with van der Waals surface area (Å²) in [5.41, 5.74) is 1.28. The number of benzene rings is 1. The van der Waals surface area contributed by atoms with Crippen LogP contribution in [0.25, 0.3) is 39.7 Å². The molecule has 0 amide bonds. The summed E-state index contributed by atoms with van der Waals surface area (Å²) >= 11 is 6.24. The first-order chi connectivity index (χ1) is 15.5. The van der Waals surface area contributed by atoms with Crippen molar-refractivity contribution in [2.75, 3.05) is 13.7 Å². The normalized spacial score (nSPS) is 11.4. The van der Waals surface area contributed by atoms with Crippen LogP contribution in [0.5, 0.6) is 0 Å². The van der Waals surface area contributed by atoms with Crippen molar-refractivity contribution < 1.29 is 13.7 Å². The Kier molecular flexibility index (Phi) is 4.77. The second kappa shape index (κ2) is 7.64. The van der Waals surface area contributed by atoms with Crippen molar-refractivity contribution in [2.24, 2.45) is 0 Å². The molecule has 0 atom stereocenters. The Bertz CT molecular complexity index is 1590. The van der Waals surface area contributed by atoms with Crippen molar-refractivity contribution in [3.8, 4) is 29.2 Å². The molecule has 5 aromatic rings. The van der Waals surface area contributed by atoms with Crippen LogP contribution in [0.4, 0.5) is 0 Å². The van der Waals surface area contributed by atoms with E-state index in [1.165, 1.54) is 18.0 Å². The average Bonchev–Trinajstić information content (AvgIpc) is 3.52. The van der Waals surface area contributed by atoms with Crippen molar-refractivity contribution in [1.29, 1.82) is 5.26 Å². The van der Waals surface area contributed by atoms with E-state index in [9.17, 15) is 10.1 Å². The lowest BCUT2D eigenvalue weighted by Crippen LogP contribution is -2.25. The van der Waals surface area contributed by atoms with Gasteiger partial charge in [-0.05, 0) is 31.2 Å². The highest BCUT2D eigenvalue weighted by Gasteiger charge is 2.23. The first kappa shape index (κ1) is 20.0. The Morgan fingerprint density at radius 2 is 2.09 bits per heavy atom. The molecule has 0 aliphatic rings. The van der Waals surface area contributed by atoms with Crippen LogP contribution in [-0.4, -0.2) is 37.8 Å². The molecule has 32 heavy (non-hydrogen) atoms. The molecule has 4 heterocycles. The molecule has 5 rings (SSSR count). The largest absolute Gasteiger partial charge is 0.456 e. The van der Waals surface area contributed by atoms with Crippen LogP contribution in [0.3, 0.4) is 0 Å². The summed E-state index contributed by atoms with van der Waals surface area (Å²) in [5, 5.41) is 13.9. The minimum absolute atomic E-state index is 0.140. The predicted molar refractivity (Wildman–Crippen MR) is 114 cm³/mol. The third-order valence-electron chi connectivity index (χ3n) is 5.07. The van der Waals surface area contributed by atoms with E-state index in [0.717, 1.165) is 0 Å². The van der Waals surface area contributed by atoms with E-state index in [-0.39, 0.29) is 52.2 Å². The maximum atomic E-state index is 13.6. The van der Waals surface area contributed by atoms with Gasteiger partial charge in [-0.25, -0.2) is 4.98 Å². The molecule has 0 spiro atoms. The minimum Gasteiger partial charge on any atom is -0.456 e. The van der Waals surface area contributed by atoms with E-state index in [2.05, 4.69) is 21.2 Å². The van der Waals surface area contributed by atoms with Crippen LogP contribution in [0, 0.1) is 18.3 Å². The molecule has 0 unspecified atom stereocenters. The van der Waals surface area contributed by atoms with Crippen LogP contribution in [0.2, 0.25) is 5.02 Å². The van der Waals surface area contributed by atoms with Gasteiger partial charge in [-0.3, -0.25) is 9.20 Å². The molecule has 1 aromatic carbocycles. The number of imidazole rings is 1. The van der Waals surface area contributed by atoms with Crippen molar-refractivity contribution in [3.63, 3.8) is 0 Å². The van der Waals surface area contributed by atoms with Crippen molar-refractivity contribution in [2.45, 2.75) is 13.5 Å². The Morgan fingerprint density at radius 1 is 1.25 bits per heavy atom. The van der Waals surface area contributed by atoms with Gasteiger partial charge in [0, 0.05) is 13.7 Å². The summed E-state index contributed by atoms with van der Waals surface area (Å²) in [6, 6.07) is 8.93. The maximum Gasteiger partial charge on any atom is 0.293 e.